The quantitative estimate of drug-likeness (QED) is 0.716. The fraction of sp³-hybridized carbons (Fsp3) is 0.238. The van der Waals surface area contributed by atoms with E-state index in [1.807, 2.05) is 30.3 Å². The molecular weight excluding hydrogens is 348 g/mol. The standard InChI is InChI=1S/C21H20O6/c1-12-10-16(22)18(20(24)26-12)15(9-8-14-6-4-3-5-7-14)19-17(23)11-13(2)27-21(19)25/h3-7,10-11,15,22-23H,8-9H2,1-2H3. The van der Waals surface area contributed by atoms with Crippen molar-refractivity contribution in [2.75, 3.05) is 0 Å². The summed E-state index contributed by atoms with van der Waals surface area (Å²) < 4.78 is 10.2. The molecule has 6 nitrogen and oxygen atoms in total. The second-order valence-electron chi connectivity index (χ2n) is 6.46. The minimum atomic E-state index is -0.876. The number of benzene rings is 1. The topological polar surface area (TPSA) is 101 Å². The normalized spacial score (nSPS) is 11.1. The van der Waals surface area contributed by atoms with E-state index < -0.39 is 17.2 Å². The summed E-state index contributed by atoms with van der Waals surface area (Å²) >= 11 is 0. The fourth-order valence-corrected chi connectivity index (χ4v) is 3.24. The highest BCUT2D eigenvalue weighted by Crippen LogP contribution is 2.35. The van der Waals surface area contributed by atoms with Gasteiger partial charge < -0.3 is 19.0 Å². The van der Waals surface area contributed by atoms with E-state index in [4.69, 9.17) is 8.83 Å². The van der Waals surface area contributed by atoms with E-state index in [9.17, 15) is 19.8 Å². The Labute approximate surface area is 155 Å². The van der Waals surface area contributed by atoms with Gasteiger partial charge in [-0.2, -0.15) is 0 Å². The molecule has 0 unspecified atom stereocenters. The first kappa shape index (κ1) is 18.5. The molecule has 0 bridgehead atoms. The number of aromatic hydroxyl groups is 2. The van der Waals surface area contributed by atoms with Crippen LogP contribution in [0.15, 0.2) is 60.9 Å². The zero-order valence-corrected chi connectivity index (χ0v) is 15.1. The monoisotopic (exact) mass is 368 g/mol. The van der Waals surface area contributed by atoms with Crippen molar-refractivity contribution in [3.05, 3.63) is 91.5 Å². The van der Waals surface area contributed by atoms with Crippen molar-refractivity contribution in [1.29, 1.82) is 0 Å². The molecule has 0 spiro atoms. The average Bonchev–Trinajstić information content (AvgIpc) is 2.58. The Kier molecular flexibility index (Phi) is 5.16. The molecule has 27 heavy (non-hydrogen) atoms. The number of hydrogen-bond acceptors (Lipinski definition) is 6. The first-order valence-electron chi connectivity index (χ1n) is 8.58. The molecule has 0 atom stereocenters. The highest BCUT2D eigenvalue weighted by Gasteiger charge is 2.29. The first-order valence-corrected chi connectivity index (χ1v) is 8.58. The van der Waals surface area contributed by atoms with Gasteiger partial charge in [0.25, 0.3) is 0 Å². The SMILES string of the molecule is Cc1cc(O)c(C(CCc2ccccc2)c2c(O)cc(C)oc2=O)c(=O)o1. The van der Waals surface area contributed by atoms with Gasteiger partial charge >= 0.3 is 11.3 Å². The molecule has 2 aromatic heterocycles. The van der Waals surface area contributed by atoms with E-state index in [-0.39, 0.29) is 34.1 Å². The Bertz CT molecular complexity index is 997. The molecule has 0 amide bonds. The van der Waals surface area contributed by atoms with E-state index in [0.29, 0.717) is 12.8 Å². The van der Waals surface area contributed by atoms with Crippen molar-refractivity contribution in [3.8, 4) is 11.5 Å². The molecule has 0 aliphatic heterocycles. The van der Waals surface area contributed by atoms with Crippen LogP contribution in [0.4, 0.5) is 0 Å². The van der Waals surface area contributed by atoms with Gasteiger partial charge in [0.05, 0.1) is 11.1 Å². The van der Waals surface area contributed by atoms with Crippen molar-refractivity contribution < 1.29 is 19.0 Å². The molecule has 2 N–H and O–H groups in total. The summed E-state index contributed by atoms with van der Waals surface area (Å²) in [7, 11) is 0. The predicted molar refractivity (Wildman–Crippen MR) is 99.4 cm³/mol. The molecule has 6 heteroatoms. The van der Waals surface area contributed by atoms with E-state index >= 15 is 0 Å². The lowest BCUT2D eigenvalue weighted by Crippen LogP contribution is -2.21. The van der Waals surface area contributed by atoms with Gasteiger partial charge in [-0.25, -0.2) is 9.59 Å². The van der Waals surface area contributed by atoms with E-state index in [1.165, 1.54) is 12.1 Å². The van der Waals surface area contributed by atoms with Crippen LogP contribution in [-0.2, 0) is 6.42 Å². The van der Waals surface area contributed by atoms with Crippen LogP contribution in [0.25, 0.3) is 0 Å². The van der Waals surface area contributed by atoms with Gasteiger partial charge in [-0.3, -0.25) is 0 Å². The molecular formula is C21H20O6. The smallest absolute Gasteiger partial charge is 0.343 e. The van der Waals surface area contributed by atoms with Crippen LogP contribution < -0.4 is 11.3 Å². The first-order chi connectivity index (χ1) is 12.9. The largest absolute Gasteiger partial charge is 0.507 e. The highest BCUT2D eigenvalue weighted by molar-refractivity contribution is 5.44. The van der Waals surface area contributed by atoms with Gasteiger partial charge in [-0.05, 0) is 32.3 Å². The molecule has 0 radical (unpaired) electrons. The van der Waals surface area contributed by atoms with Crippen LogP contribution in [0.3, 0.4) is 0 Å². The average molecular weight is 368 g/mol. The van der Waals surface area contributed by atoms with Crippen molar-refractivity contribution in [1.82, 2.24) is 0 Å². The lowest BCUT2D eigenvalue weighted by molar-refractivity contribution is 0.397. The van der Waals surface area contributed by atoms with Gasteiger partial charge in [-0.15, -0.1) is 0 Å². The third kappa shape index (κ3) is 3.95. The summed E-state index contributed by atoms with van der Waals surface area (Å²) in [5.74, 6) is -0.923. The second-order valence-corrected chi connectivity index (χ2v) is 6.46. The van der Waals surface area contributed by atoms with Crippen molar-refractivity contribution >= 4 is 0 Å². The maximum absolute atomic E-state index is 12.4. The fourth-order valence-electron chi connectivity index (χ4n) is 3.24. The zero-order valence-electron chi connectivity index (χ0n) is 15.1. The minimum absolute atomic E-state index is 0.0667. The van der Waals surface area contributed by atoms with Crippen LogP contribution in [0.2, 0.25) is 0 Å². The molecule has 0 saturated carbocycles. The van der Waals surface area contributed by atoms with E-state index in [1.54, 1.807) is 13.8 Å². The van der Waals surface area contributed by atoms with Gasteiger partial charge in [0, 0.05) is 18.1 Å². The van der Waals surface area contributed by atoms with Crippen LogP contribution in [0, 0.1) is 13.8 Å². The van der Waals surface area contributed by atoms with Gasteiger partial charge in [0.2, 0.25) is 0 Å². The lowest BCUT2D eigenvalue weighted by atomic mass is 9.87. The zero-order chi connectivity index (χ0) is 19.6. The summed E-state index contributed by atoms with van der Waals surface area (Å²) in [4.78, 5) is 24.9. The third-order valence-corrected chi connectivity index (χ3v) is 4.44. The predicted octanol–water partition coefficient (Wildman–Crippen LogP) is 3.39. The molecule has 0 saturated heterocycles. The van der Waals surface area contributed by atoms with Crippen molar-refractivity contribution in [2.24, 2.45) is 0 Å². The second kappa shape index (κ2) is 7.53. The van der Waals surface area contributed by atoms with Crippen molar-refractivity contribution in [3.63, 3.8) is 0 Å². The maximum Gasteiger partial charge on any atom is 0.343 e. The third-order valence-electron chi connectivity index (χ3n) is 4.44. The minimum Gasteiger partial charge on any atom is -0.507 e. The molecule has 3 rings (SSSR count). The number of hydrogen-bond donors (Lipinski definition) is 2. The lowest BCUT2D eigenvalue weighted by Gasteiger charge is -2.18. The van der Waals surface area contributed by atoms with Crippen LogP contribution >= 0.6 is 0 Å². The molecule has 0 aliphatic carbocycles. The molecule has 2 heterocycles. The Morgan fingerprint density at radius 3 is 1.78 bits per heavy atom. The Morgan fingerprint density at radius 2 is 1.33 bits per heavy atom. The molecule has 3 aromatic rings. The van der Waals surface area contributed by atoms with Gasteiger partial charge in [0.1, 0.15) is 23.0 Å². The summed E-state index contributed by atoms with van der Waals surface area (Å²) in [6.07, 6.45) is 0.817. The van der Waals surface area contributed by atoms with Crippen LogP contribution in [0.1, 0.15) is 40.5 Å². The number of rotatable bonds is 5. The summed E-state index contributed by atoms with van der Waals surface area (Å²) in [5.41, 5.74) is -0.629. The van der Waals surface area contributed by atoms with E-state index in [2.05, 4.69) is 0 Å². The molecule has 0 aliphatic rings. The Hall–Kier alpha value is -3.28. The highest BCUT2D eigenvalue weighted by atomic mass is 16.4. The maximum atomic E-state index is 12.4. The summed E-state index contributed by atoms with van der Waals surface area (Å²) in [6.45, 7) is 3.09. The van der Waals surface area contributed by atoms with Gasteiger partial charge in [0.15, 0.2) is 0 Å². The van der Waals surface area contributed by atoms with Crippen LogP contribution in [0.5, 0.6) is 11.5 Å². The van der Waals surface area contributed by atoms with E-state index in [0.717, 1.165) is 5.56 Å². The number of aryl methyl sites for hydroxylation is 3. The van der Waals surface area contributed by atoms with Crippen LogP contribution in [-0.4, -0.2) is 10.2 Å². The van der Waals surface area contributed by atoms with Crippen molar-refractivity contribution in [2.45, 2.75) is 32.6 Å². The Morgan fingerprint density at radius 1 is 0.852 bits per heavy atom. The van der Waals surface area contributed by atoms with Gasteiger partial charge in [-0.1, -0.05) is 30.3 Å². The summed E-state index contributed by atoms with van der Waals surface area (Å²) in [5, 5.41) is 20.7. The molecule has 0 fully saturated rings. The molecule has 1 aromatic carbocycles. The molecule has 140 valence electrons. The Balaban J connectivity index is 2.13. The summed E-state index contributed by atoms with van der Waals surface area (Å²) in [6, 6.07) is 12.2.